The number of thiazole rings is 1. The number of fused-ring (bicyclic) bond motifs is 1. The highest BCUT2D eigenvalue weighted by Gasteiger charge is 2.30. The standard InChI is InChI=1S/C26H25N3O2S/c1-31-21-12-13-22-23(18-21)32-26(27-22)29-16-14-28(15-17-29)25(30)24(19-8-4-2-5-9-19)20-10-6-3-7-11-20/h2-13,18,24H,14-17H2,1H3. The lowest BCUT2D eigenvalue weighted by molar-refractivity contribution is -0.132. The van der Waals surface area contributed by atoms with Crippen LogP contribution in [0.25, 0.3) is 10.2 Å². The smallest absolute Gasteiger partial charge is 0.234 e. The van der Waals surface area contributed by atoms with Gasteiger partial charge in [-0.15, -0.1) is 0 Å². The summed E-state index contributed by atoms with van der Waals surface area (Å²) in [5.41, 5.74) is 3.05. The summed E-state index contributed by atoms with van der Waals surface area (Å²) in [5, 5.41) is 1.00. The number of hydrogen-bond donors (Lipinski definition) is 0. The SMILES string of the molecule is COc1ccc2nc(N3CCN(C(=O)C(c4ccccc4)c4ccccc4)CC3)sc2c1. The van der Waals surface area contributed by atoms with Crippen molar-refractivity contribution >= 4 is 32.6 Å². The summed E-state index contributed by atoms with van der Waals surface area (Å²) in [6.07, 6.45) is 0. The number of aromatic nitrogens is 1. The van der Waals surface area contributed by atoms with E-state index >= 15 is 0 Å². The molecule has 0 unspecified atom stereocenters. The molecular formula is C26H25N3O2S. The molecular weight excluding hydrogens is 418 g/mol. The van der Waals surface area contributed by atoms with E-state index in [1.54, 1.807) is 18.4 Å². The Morgan fingerprint density at radius 2 is 1.53 bits per heavy atom. The zero-order chi connectivity index (χ0) is 21.9. The Morgan fingerprint density at radius 3 is 2.12 bits per heavy atom. The zero-order valence-corrected chi connectivity index (χ0v) is 18.8. The molecule has 5 rings (SSSR count). The number of ether oxygens (including phenoxy) is 1. The van der Waals surface area contributed by atoms with Gasteiger partial charge in [-0.05, 0) is 29.3 Å². The molecule has 1 aromatic heterocycles. The molecule has 1 fully saturated rings. The lowest BCUT2D eigenvalue weighted by atomic mass is 9.90. The fourth-order valence-electron chi connectivity index (χ4n) is 4.22. The molecule has 0 N–H and O–H groups in total. The number of carbonyl (C=O) groups excluding carboxylic acids is 1. The fraction of sp³-hybridized carbons (Fsp3) is 0.231. The van der Waals surface area contributed by atoms with Crippen LogP contribution in [0.5, 0.6) is 5.75 Å². The van der Waals surface area contributed by atoms with E-state index in [4.69, 9.17) is 9.72 Å². The van der Waals surface area contributed by atoms with Crippen molar-refractivity contribution in [2.24, 2.45) is 0 Å². The Bertz CT molecular complexity index is 1160. The van der Waals surface area contributed by atoms with Crippen LogP contribution < -0.4 is 9.64 Å². The highest BCUT2D eigenvalue weighted by atomic mass is 32.1. The number of anilines is 1. The summed E-state index contributed by atoms with van der Waals surface area (Å²) in [6.45, 7) is 2.93. The maximum atomic E-state index is 13.6. The summed E-state index contributed by atoms with van der Waals surface area (Å²) in [7, 11) is 1.68. The molecule has 1 saturated heterocycles. The summed E-state index contributed by atoms with van der Waals surface area (Å²) < 4.78 is 6.45. The largest absolute Gasteiger partial charge is 0.497 e. The fourth-order valence-corrected chi connectivity index (χ4v) is 5.27. The molecule has 5 nitrogen and oxygen atoms in total. The van der Waals surface area contributed by atoms with Gasteiger partial charge >= 0.3 is 0 Å². The second-order valence-corrected chi connectivity index (χ2v) is 8.91. The molecule has 0 aliphatic carbocycles. The van der Waals surface area contributed by atoms with E-state index in [0.29, 0.717) is 13.1 Å². The van der Waals surface area contributed by atoms with Crippen LogP contribution in [0, 0.1) is 0 Å². The van der Waals surface area contributed by atoms with Gasteiger partial charge in [0.05, 0.1) is 23.2 Å². The van der Waals surface area contributed by atoms with Crippen LogP contribution in [0.1, 0.15) is 17.0 Å². The first kappa shape index (κ1) is 20.5. The lowest BCUT2D eigenvalue weighted by Crippen LogP contribution is -2.50. The van der Waals surface area contributed by atoms with Crippen molar-refractivity contribution in [2.45, 2.75) is 5.92 Å². The normalized spacial score (nSPS) is 14.2. The molecule has 2 heterocycles. The van der Waals surface area contributed by atoms with Crippen LogP contribution in [-0.4, -0.2) is 49.1 Å². The first-order valence-corrected chi connectivity index (χ1v) is 11.6. The number of nitrogens with zero attached hydrogens (tertiary/aromatic N) is 3. The third kappa shape index (κ3) is 4.06. The van der Waals surface area contributed by atoms with E-state index in [-0.39, 0.29) is 11.8 Å². The summed E-state index contributed by atoms with van der Waals surface area (Å²) >= 11 is 1.67. The molecule has 4 aromatic rings. The van der Waals surface area contributed by atoms with Gasteiger partial charge in [0.25, 0.3) is 0 Å². The van der Waals surface area contributed by atoms with Crippen molar-refractivity contribution in [3.63, 3.8) is 0 Å². The van der Waals surface area contributed by atoms with Gasteiger partial charge in [0.1, 0.15) is 5.75 Å². The van der Waals surface area contributed by atoms with Gasteiger partial charge in [0.2, 0.25) is 5.91 Å². The molecule has 32 heavy (non-hydrogen) atoms. The van der Waals surface area contributed by atoms with Crippen LogP contribution in [0.4, 0.5) is 5.13 Å². The van der Waals surface area contributed by atoms with Crippen molar-refractivity contribution in [3.8, 4) is 5.75 Å². The Hall–Kier alpha value is -3.38. The topological polar surface area (TPSA) is 45.7 Å². The van der Waals surface area contributed by atoms with Crippen LogP contribution in [0.3, 0.4) is 0 Å². The van der Waals surface area contributed by atoms with E-state index in [2.05, 4.69) is 4.90 Å². The van der Waals surface area contributed by atoms with E-state index in [1.165, 1.54) is 0 Å². The molecule has 1 aliphatic heterocycles. The minimum absolute atomic E-state index is 0.163. The molecule has 0 bridgehead atoms. The van der Waals surface area contributed by atoms with E-state index in [1.807, 2.05) is 83.8 Å². The molecule has 3 aromatic carbocycles. The van der Waals surface area contributed by atoms with Gasteiger partial charge in [-0.25, -0.2) is 4.98 Å². The number of rotatable bonds is 5. The van der Waals surface area contributed by atoms with Crippen molar-refractivity contribution in [2.75, 3.05) is 38.2 Å². The summed E-state index contributed by atoms with van der Waals surface area (Å²) in [4.78, 5) is 22.7. The second-order valence-electron chi connectivity index (χ2n) is 7.90. The Balaban J connectivity index is 1.33. The van der Waals surface area contributed by atoms with Gasteiger partial charge in [-0.1, -0.05) is 72.0 Å². The average Bonchev–Trinajstić information content (AvgIpc) is 3.29. The number of methoxy groups -OCH3 is 1. The highest BCUT2D eigenvalue weighted by Crippen LogP contribution is 2.33. The van der Waals surface area contributed by atoms with Gasteiger partial charge in [0.15, 0.2) is 5.13 Å². The predicted molar refractivity (Wildman–Crippen MR) is 130 cm³/mol. The molecule has 1 aliphatic rings. The third-order valence-corrected chi connectivity index (χ3v) is 7.04. The predicted octanol–water partition coefficient (Wildman–Crippen LogP) is 4.79. The van der Waals surface area contributed by atoms with Crippen molar-refractivity contribution in [1.29, 1.82) is 0 Å². The molecule has 0 spiro atoms. The minimum atomic E-state index is -0.279. The lowest BCUT2D eigenvalue weighted by Gasteiger charge is -2.36. The van der Waals surface area contributed by atoms with Gasteiger partial charge in [0, 0.05) is 26.2 Å². The van der Waals surface area contributed by atoms with Gasteiger partial charge in [-0.2, -0.15) is 0 Å². The van der Waals surface area contributed by atoms with Crippen LogP contribution in [0.2, 0.25) is 0 Å². The first-order valence-electron chi connectivity index (χ1n) is 10.8. The van der Waals surface area contributed by atoms with Crippen LogP contribution in [-0.2, 0) is 4.79 Å². The highest BCUT2D eigenvalue weighted by molar-refractivity contribution is 7.22. The van der Waals surface area contributed by atoms with E-state index in [0.717, 1.165) is 45.3 Å². The maximum absolute atomic E-state index is 13.6. The summed E-state index contributed by atoms with van der Waals surface area (Å²) in [5.74, 6) is 0.728. The number of piperazine rings is 1. The quantitative estimate of drug-likeness (QED) is 0.445. The minimum Gasteiger partial charge on any atom is -0.497 e. The van der Waals surface area contributed by atoms with E-state index in [9.17, 15) is 4.79 Å². The Morgan fingerprint density at radius 1 is 0.906 bits per heavy atom. The molecule has 1 amide bonds. The van der Waals surface area contributed by atoms with Crippen LogP contribution in [0.15, 0.2) is 78.9 Å². The first-order chi connectivity index (χ1) is 15.7. The average molecular weight is 444 g/mol. The monoisotopic (exact) mass is 443 g/mol. The van der Waals surface area contributed by atoms with Gasteiger partial charge < -0.3 is 14.5 Å². The Kier molecular flexibility index (Phi) is 5.77. The molecule has 0 saturated carbocycles. The third-order valence-electron chi connectivity index (χ3n) is 5.96. The molecule has 0 atom stereocenters. The second kappa shape index (κ2) is 9.01. The number of amides is 1. The van der Waals surface area contributed by atoms with Gasteiger partial charge in [-0.3, -0.25) is 4.79 Å². The van der Waals surface area contributed by atoms with E-state index < -0.39 is 0 Å². The number of hydrogen-bond acceptors (Lipinski definition) is 5. The molecule has 6 heteroatoms. The summed E-state index contributed by atoms with van der Waals surface area (Å²) in [6, 6.07) is 26.1. The molecule has 0 radical (unpaired) electrons. The number of benzene rings is 3. The van der Waals surface area contributed by atoms with Crippen molar-refractivity contribution in [3.05, 3.63) is 90.0 Å². The van der Waals surface area contributed by atoms with Crippen LogP contribution >= 0.6 is 11.3 Å². The van der Waals surface area contributed by atoms with Crippen molar-refractivity contribution < 1.29 is 9.53 Å². The number of carbonyl (C=O) groups is 1. The Labute approximate surface area is 191 Å². The zero-order valence-electron chi connectivity index (χ0n) is 18.0. The molecule has 162 valence electrons. The maximum Gasteiger partial charge on any atom is 0.234 e. The van der Waals surface area contributed by atoms with Crippen molar-refractivity contribution in [1.82, 2.24) is 9.88 Å².